The van der Waals surface area contributed by atoms with E-state index in [-0.39, 0.29) is 10.8 Å². The van der Waals surface area contributed by atoms with Crippen molar-refractivity contribution in [3.05, 3.63) is 45.9 Å². The van der Waals surface area contributed by atoms with Crippen molar-refractivity contribution in [3.63, 3.8) is 0 Å². The zero-order valence-electron chi connectivity index (χ0n) is 11.8. The lowest BCUT2D eigenvalue weighted by atomic mass is 9.84. The lowest BCUT2D eigenvalue weighted by molar-refractivity contribution is -0.137. The van der Waals surface area contributed by atoms with Gasteiger partial charge in [0.25, 0.3) is 5.56 Å². The molecule has 0 bridgehead atoms. The van der Waals surface area contributed by atoms with Gasteiger partial charge in [0.2, 0.25) is 0 Å². The zero-order valence-corrected chi connectivity index (χ0v) is 11.8. The first kappa shape index (κ1) is 14.6. The molecule has 2 rings (SSSR count). The summed E-state index contributed by atoms with van der Waals surface area (Å²) in [6, 6.07) is 3.35. The number of nitrogens with zero attached hydrogens (tertiary/aromatic N) is 1. The number of hydrogen-bond donors (Lipinski definition) is 0. The predicted octanol–water partition coefficient (Wildman–Crippen LogP) is 3.85. The molecule has 0 fully saturated rings. The summed E-state index contributed by atoms with van der Waals surface area (Å²) in [6.07, 6.45) is -2.76. The fraction of sp³-hybridized carbons (Fsp3) is 0.400. The van der Waals surface area contributed by atoms with E-state index >= 15 is 0 Å². The molecule has 1 heterocycles. The van der Waals surface area contributed by atoms with Gasteiger partial charge in [-0.15, -0.1) is 0 Å². The van der Waals surface area contributed by atoms with Crippen molar-refractivity contribution < 1.29 is 13.2 Å². The molecule has 0 aliphatic heterocycles. The van der Waals surface area contributed by atoms with Gasteiger partial charge in [-0.25, -0.2) is 0 Å². The molecule has 108 valence electrons. The van der Waals surface area contributed by atoms with Gasteiger partial charge in [-0.05, 0) is 28.5 Å². The van der Waals surface area contributed by atoms with E-state index in [1.54, 1.807) is 13.2 Å². The predicted molar refractivity (Wildman–Crippen MR) is 72.9 cm³/mol. The first-order valence-corrected chi connectivity index (χ1v) is 6.23. The SMILES string of the molecule is Cn1cc(C(C)(C)C)c2ccc(C(F)(F)F)cc2c1=O. The molecule has 2 aromatic rings. The Morgan fingerprint density at radius 1 is 1.05 bits per heavy atom. The molecule has 20 heavy (non-hydrogen) atoms. The molecule has 0 unspecified atom stereocenters. The Labute approximate surface area is 114 Å². The summed E-state index contributed by atoms with van der Waals surface area (Å²) in [4.78, 5) is 12.1. The van der Waals surface area contributed by atoms with Crippen molar-refractivity contribution in [2.24, 2.45) is 7.05 Å². The van der Waals surface area contributed by atoms with E-state index in [0.717, 1.165) is 17.7 Å². The molecule has 0 saturated heterocycles. The first-order valence-electron chi connectivity index (χ1n) is 6.23. The van der Waals surface area contributed by atoms with E-state index in [9.17, 15) is 18.0 Å². The van der Waals surface area contributed by atoms with Crippen molar-refractivity contribution in [1.82, 2.24) is 4.57 Å². The second-order valence-corrected chi connectivity index (χ2v) is 5.97. The fourth-order valence-electron chi connectivity index (χ4n) is 2.24. The second-order valence-electron chi connectivity index (χ2n) is 5.97. The third-order valence-electron chi connectivity index (χ3n) is 3.32. The molecule has 0 amide bonds. The molecule has 0 N–H and O–H groups in total. The van der Waals surface area contributed by atoms with Gasteiger partial charge in [0.05, 0.1) is 5.56 Å². The smallest absolute Gasteiger partial charge is 0.318 e. The van der Waals surface area contributed by atoms with Crippen molar-refractivity contribution in [2.75, 3.05) is 0 Å². The minimum Gasteiger partial charge on any atom is -0.318 e. The van der Waals surface area contributed by atoms with Crippen LogP contribution in [-0.2, 0) is 18.6 Å². The van der Waals surface area contributed by atoms with Crippen molar-refractivity contribution in [2.45, 2.75) is 32.4 Å². The number of fused-ring (bicyclic) bond motifs is 1. The van der Waals surface area contributed by atoms with Crippen LogP contribution in [0.25, 0.3) is 10.8 Å². The second kappa shape index (κ2) is 4.36. The summed E-state index contributed by atoms with van der Waals surface area (Å²) in [5.74, 6) is 0. The quantitative estimate of drug-likeness (QED) is 0.719. The molecule has 2 nitrogen and oxygen atoms in total. The van der Waals surface area contributed by atoms with E-state index in [2.05, 4.69) is 0 Å². The lowest BCUT2D eigenvalue weighted by Crippen LogP contribution is -2.22. The standard InChI is InChI=1S/C15H16F3NO/c1-14(2,3)12-8-19(4)13(20)11-7-9(15(16,17)18)5-6-10(11)12/h5-8H,1-4H3. The van der Waals surface area contributed by atoms with Crippen LogP contribution in [0.2, 0.25) is 0 Å². The number of aromatic nitrogens is 1. The number of pyridine rings is 1. The topological polar surface area (TPSA) is 22.0 Å². The Hall–Kier alpha value is -1.78. The van der Waals surface area contributed by atoms with Crippen molar-refractivity contribution in [1.29, 1.82) is 0 Å². The largest absolute Gasteiger partial charge is 0.416 e. The van der Waals surface area contributed by atoms with E-state index in [1.807, 2.05) is 20.8 Å². The lowest BCUT2D eigenvalue weighted by Gasteiger charge is -2.22. The van der Waals surface area contributed by atoms with Crippen LogP contribution >= 0.6 is 0 Å². The maximum atomic E-state index is 12.8. The summed E-state index contributed by atoms with van der Waals surface area (Å²) in [7, 11) is 1.55. The maximum Gasteiger partial charge on any atom is 0.416 e. The van der Waals surface area contributed by atoms with Crippen LogP contribution in [0.15, 0.2) is 29.2 Å². The Bertz CT molecular complexity index is 721. The highest BCUT2D eigenvalue weighted by Gasteiger charge is 2.31. The highest BCUT2D eigenvalue weighted by Crippen LogP contribution is 2.33. The average molecular weight is 283 g/mol. The third kappa shape index (κ3) is 2.44. The number of halogens is 3. The van der Waals surface area contributed by atoms with Gasteiger partial charge < -0.3 is 4.57 Å². The van der Waals surface area contributed by atoms with Crippen molar-refractivity contribution >= 4 is 10.8 Å². The third-order valence-corrected chi connectivity index (χ3v) is 3.32. The molecule has 5 heteroatoms. The molecule has 0 aliphatic carbocycles. The van der Waals surface area contributed by atoms with Crippen LogP contribution in [0.5, 0.6) is 0 Å². The molecular weight excluding hydrogens is 267 g/mol. The van der Waals surface area contributed by atoms with Gasteiger partial charge >= 0.3 is 6.18 Å². The van der Waals surface area contributed by atoms with Crippen LogP contribution in [0, 0.1) is 0 Å². The van der Waals surface area contributed by atoms with E-state index in [0.29, 0.717) is 5.39 Å². The number of alkyl halides is 3. The van der Waals surface area contributed by atoms with Gasteiger partial charge in [0, 0.05) is 18.6 Å². The number of hydrogen-bond acceptors (Lipinski definition) is 1. The summed E-state index contributed by atoms with van der Waals surface area (Å²) < 4.78 is 39.7. The highest BCUT2D eigenvalue weighted by atomic mass is 19.4. The monoisotopic (exact) mass is 283 g/mol. The highest BCUT2D eigenvalue weighted by molar-refractivity contribution is 5.86. The molecular formula is C15H16F3NO. The normalized spacial score (nSPS) is 12.9. The number of rotatable bonds is 0. The average Bonchev–Trinajstić information content (AvgIpc) is 2.30. The molecule has 1 aromatic carbocycles. The summed E-state index contributed by atoms with van der Waals surface area (Å²) in [5, 5.41) is 0.684. The van der Waals surface area contributed by atoms with Crippen LogP contribution in [0.3, 0.4) is 0 Å². The van der Waals surface area contributed by atoms with E-state index < -0.39 is 17.3 Å². The Balaban J connectivity index is 2.90. The Kier molecular flexibility index (Phi) is 3.19. The van der Waals surface area contributed by atoms with E-state index in [1.165, 1.54) is 10.6 Å². The summed E-state index contributed by atoms with van der Waals surface area (Å²) in [6.45, 7) is 5.89. The van der Waals surface area contributed by atoms with Gasteiger partial charge in [0.1, 0.15) is 0 Å². The van der Waals surface area contributed by atoms with E-state index in [4.69, 9.17) is 0 Å². The molecule has 0 spiro atoms. The maximum absolute atomic E-state index is 12.8. The number of benzene rings is 1. The minimum absolute atomic E-state index is 0.106. The number of aryl methyl sites for hydroxylation is 1. The van der Waals surface area contributed by atoms with Gasteiger partial charge in [-0.3, -0.25) is 4.79 Å². The summed E-state index contributed by atoms with van der Waals surface area (Å²) in [5.41, 5.74) is -0.626. The Morgan fingerprint density at radius 2 is 1.65 bits per heavy atom. The Morgan fingerprint density at radius 3 is 2.15 bits per heavy atom. The first-order chi connectivity index (χ1) is 9.01. The summed E-state index contributed by atoms with van der Waals surface area (Å²) >= 11 is 0. The molecule has 0 aliphatic rings. The van der Waals surface area contributed by atoms with Gasteiger partial charge in [-0.1, -0.05) is 26.8 Å². The molecule has 0 radical (unpaired) electrons. The van der Waals surface area contributed by atoms with Crippen LogP contribution in [0.4, 0.5) is 13.2 Å². The molecule has 1 aromatic heterocycles. The van der Waals surface area contributed by atoms with Crippen LogP contribution < -0.4 is 5.56 Å². The van der Waals surface area contributed by atoms with Gasteiger partial charge in [-0.2, -0.15) is 13.2 Å². The van der Waals surface area contributed by atoms with Gasteiger partial charge in [0.15, 0.2) is 0 Å². The van der Waals surface area contributed by atoms with Crippen LogP contribution in [-0.4, -0.2) is 4.57 Å². The minimum atomic E-state index is -4.45. The zero-order chi connectivity index (χ0) is 15.3. The fourth-order valence-corrected chi connectivity index (χ4v) is 2.24. The van der Waals surface area contributed by atoms with Crippen LogP contribution in [0.1, 0.15) is 31.9 Å². The molecule has 0 atom stereocenters. The molecule has 0 saturated carbocycles. The van der Waals surface area contributed by atoms with Crippen molar-refractivity contribution in [3.8, 4) is 0 Å².